The monoisotopic (exact) mass is 382 g/mol. The van der Waals surface area contributed by atoms with Crippen LogP contribution in [0.1, 0.15) is 12.8 Å². The van der Waals surface area contributed by atoms with Crippen molar-refractivity contribution in [1.82, 2.24) is 5.32 Å². The second-order valence-corrected chi connectivity index (χ2v) is 5.67. The number of urea groups is 1. The van der Waals surface area contributed by atoms with Crippen LogP contribution in [0.3, 0.4) is 0 Å². The molecule has 0 spiro atoms. The lowest BCUT2D eigenvalue weighted by Gasteiger charge is -2.34. The summed E-state index contributed by atoms with van der Waals surface area (Å²) in [6.07, 6.45) is -3.11. The fourth-order valence-electron chi connectivity index (χ4n) is 2.01. The zero-order chi connectivity index (χ0) is 16.3. The summed E-state index contributed by atoms with van der Waals surface area (Å²) in [4.78, 5) is 11.8. The van der Waals surface area contributed by atoms with Crippen LogP contribution in [-0.2, 0) is 4.74 Å². The van der Waals surface area contributed by atoms with Crippen LogP contribution in [0.15, 0.2) is 22.7 Å². The van der Waals surface area contributed by atoms with Crippen LogP contribution in [0, 0.1) is 0 Å². The molecule has 1 aliphatic rings. The van der Waals surface area contributed by atoms with Gasteiger partial charge >= 0.3 is 12.4 Å². The van der Waals surface area contributed by atoms with E-state index in [2.05, 4.69) is 31.3 Å². The van der Waals surface area contributed by atoms with Crippen molar-refractivity contribution in [2.75, 3.05) is 12.4 Å². The molecule has 1 aromatic carbocycles. The summed E-state index contributed by atoms with van der Waals surface area (Å²) in [5, 5.41) is 5.30. The molecular formula is C13H14BrF3N2O3. The lowest BCUT2D eigenvalue weighted by Crippen LogP contribution is -2.48. The van der Waals surface area contributed by atoms with Gasteiger partial charge in [-0.15, -0.1) is 13.2 Å². The number of benzene rings is 1. The van der Waals surface area contributed by atoms with E-state index in [1.807, 2.05) is 0 Å². The van der Waals surface area contributed by atoms with Crippen LogP contribution >= 0.6 is 15.9 Å². The van der Waals surface area contributed by atoms with E-state index in [0.29, 0.717) is 5.69 Å². The highest BCUT2D eigenvalue weighted by Crippen LogP contribution is 2.30. The summed E-state index contributed by atoms with van der Waals surface area (Å²) in [5.41, 5.74) is 0.342. The van der Waals surface area contributed by atoms with Crippen LogP contribution < -0.4 is 15.4 Å². The minimum absolute atomic E-state index is 0.0385. The van der Waals surface area contributed by atoms with E-state index in [0.717, 1.165) is 25.0 Å². The molecule has 122 valence electrons. The Bertz CT molecular complexity index is 548. The average molecular weight is 383 g/mol. The van der Waals surface area contributed by atoms with Gasteiger partial charge in [-0.2, -0.15) is 0 Å². The summed E-state index contributed by atoms with van der Waals surface area (Å²) in [6.45, 7) is 0. The number of hydrogen-bond acceptors (Lipinski definition) is 3. The lowest BCUT2D eigenvalue weighted by atomic mass is 9.89. The molecule has 5 nitrogen and oxygen atoms in total. The Morgan fingerprint density at radius 2 is 2.05 bits per heavy atom. The number of anilines is 1. The third kappa shape index (κ3) is 4.77. The predicted molar refractivity (Wildman–Crippen MR) is 76.8 cm³/mol. The van der Waals surface area contributed by atoms with Crippen LogP contribution in [-0.4, -0.2) is 31.6 Å². The van der Waals surface area contributed by atoms with E-state index in [1.54, 1.807) is 7.11 Å². The Hall–Kier alpha value is -1.48. The molecule has 0 aromatic heterocycles. The zero-order valence-corrected chi connectivity index (χ0v) is 13.1. The Labute approximate surface area is 133 Å². The van der Waals surface area contributed by atoms with E-state index in [4.69, 9.17) is 4.74 Å². The third-order valence-electron chi connectivity index (χ3n) is 3.19. The molecule has 0 heterocycles. The topological polar surface area (TPSA) is 59.6 Å². The molecule has 1 aromatic rings. The van der Waals surface area contributed by atoms with Gasteiger partial charge in [0.05, 0.1) is 11.8 Å². The summed E-state index contributed by atoms with van der Waals surface area (Å²) in [7, 11) is 1.61. The van der Waals surface area contributed by atoms with Gasteiger partial charge in [-0.1, -0.05) is 0 Å². The molecule has 0 bridgehead atoms. The number of halogens is 4. The summed E-state index contributed by atoms with van der Waals surface area (Å²) >= 11 is 3.09. The molecular weight excluding hydrogens is 369 g/mol. The highest BCUT2D eigenvalue weighted by molar-refractivity contribution is 9.10. The average Bonchev–Trinajstić information content (AvgIpc) is 2.34. The minimum Gasteiger partial charge on any atom is -0.406 e. The van der Waals surface area contributed by atoms with Gasteiger partial charge in [0.15, 0.2) is 0 Å². The number of rotatable bonds is 4. The van der Waals surface area contributed by atoms with E-state index in [9.17, 15) is 18.0 Å². The maximum atomic E-state index is 12.1. The van der Waals surface area contributed by atoms with E-state index < -0.39 is 12.4 Å². The van der Waals surface area contributed by atoms with Gasteiger partial charge < -0.3 is 20.1 Å². The van der Waals surface area contributed by atoms with Crippen molar-refractivity contribution >= 4 is 27.6 Å². The Morgan fingerprint density at radius 3 is 2.59 bits per heavy atom. The van der Waals surface area contributed by atoms with Gasteiger partial charge in [0.1, 0.15) is 5.75 Å². The number of methoxy groups -OCH3 is 1. The van der Waals surface area contributed by atoms with Crippen LogP contribution in [0.5, 0.6) is 5.75 Å². The molecule has 0 saturated heterocycles. The largest absolute Gasteiger partial charge is 0.573 e. The van der Waals surface area contributed by atoms with Crippen molar-refractivity contribution < 1.29 is 27.4 Å². The Morgan fingerprint density at radius 1 is 1.36 bits per heavy atom. The molecule has 2 rings (SSSR count). The zero-order valence-electron chi connectivity index (χ0n) is 11.5. The number of hydrogen-bond donors (Lipinski definition) is 2. The van der Waals surface area contributed by atoms with Gasteiger partial charge in [0, 0.05) is 17.6 Å². The summed E-state index contributed by atoms with van der Waals surface area (Å²) in [6, 6.07) is 3.19. The molecule has 2 amide bonds. The van der Waals surface area contributed by atoms with Crippen molar-refractivity contribution in [3.05, 3.63) is 22.7 Å². The van der Waals surface area contributed by atoms with E-state index in [-0.39, 0.29) is 22.4 Å². The molecule has 1 fully saturated rings. The number of carbonyl (C=O) groups excluding carboxylic acids is 1. The van der Waals surface area contributed by atoms with Gasteiger partial charge in [-0.3, -0.25) is 0 Å². The quantitative estimate of drug-likeness (QED) is 0.835. The third-order valence-corrected chi connectivity index (χ3v) is 3.84. The first-order chi connectivity index (χ1) is 10.3. The van der Waals surface area contributed by atoms with Crippen molar-refractivity contribution in [3.8, 4) is 5.75 Å². The fourth-order valence-corrected chi connectivity index (χ4v) is 2.47. The lowest BCUT2D eigenvalue weighted by molar-refractivity contribution is -0.274. The van der Waals surface area contributed by atoms with Gasteiger partial charge in [0.25, 0.3) is 0 Å². The number of alkyl halides is 3. The number of amides is 2. The van der Waals surface area contributed by atoms with E-state index in [1.165, 1.54) is 6.07 Å². The van der Waals surface area contributed by atoms with Crippen LogP contribution in [0.4, 0.5) is 23.7 Å². The van der Waals surface area contributed by atoms with Gasteiger partial charge in [-0.25, -0.2) is 4.79 Å². The highest BCUT2D eigenvalue weighted by Gasteiger charge is 2.32. The molecule has 1 aliphatic carbocycles. The second kappa shape index (κ2) is 6.74. The first-order valence-electron chi connectivity index (χ1n) is 6.42. The normalized spacial score (nSPS) is 21.0. The first kappa shape index (κ1) is 16.9. The SMILES string of the molecule is COC1CC(NC(=O)Nc2ccc(OC(F)(F)F)cc2Br)C1. The highest BCUT2D eigenvalue weighted by atomic mass is 79.9. The molecule has 22 heavy (non-hydrogen) atoms. The van der Waals surface area contributed by atoms with E-state index >= 15 is 0 Å². The fraction of sp³-hybridized carbons (Fsp3) is 0.462. The molecule has 0 unspecified atom stereocenters. The molecule has 0 aliphatic heterocycles. The maximum absolute atomic E-state index is 12.1. The molecule has 2 N–H and O–H groups in total. The molecule has 9 heteroatoms. The number of carbonyl (C=O) groups is 1. The predicted octanol–water partition coefficient (Wildman–Crippen LogP) is 3.65. The molecule has 1 saturated carbocycles. The standard InChI is InChI=1S/C13H14BrF3N2O3/c1-21-9-4-7(5-9)18-12(20)19-11-3-2-8(6-10(11)14)22-13(15,16)17/h2-3,6-7,9H,4-5H2,1H3,(H2,18,19,20). The maximum Gasteiger partial charge on any atom is 0.573 e. The smallest absolute Gasteiger partial charge is 0.406 e. The van der Waals surface area contributed by atoms with Crippen LogP contribution in [0.25, 0.3) is 0 Å². The Kier molecular flexibility index (Phi) is 5.17. The van der Waals surface area contributed by atoms with Crippen LogP contribution in [0.2, 0.25) is 0 Å². The van der Waals surface area contributed by atoms with Gasteiger partial charge in [0.2, 0.25) is 0 Å². The van der Waals surface area contributed by atoms with Crippen molar-refractivity contribution in [1.29, 1.82) is 0 Å². The number of nitrogens with one attached hydrogen (secondary N) is 2. The Balaban J connectivity index is 1.88. The first-order valence-corrected chi connectivity index (χ1v) is 7.21. The second-order valence-electron chi connectivity index (χ2n) is 4.81. The van der Waals surface area contributed by atoms with Crippen molar-refractivity contribution in [2.24, 2.45) is 0 Å². The molecule has 0 atom stereocenters. The number of ether oxygens (including phenoxy) is 2. The van der Waals surface area contributed by atoms with Crippen molar-refractivity contribution in [2.45, 2.75) is 31.3 Å². The minimum atomic E-state index is -4.76. The summed E-state index contributed by atoms with van der Waals surface area (Å²) < 4.78 is 45.5. The molecule has 0 radical (unpaired) electrons. The van der Waals surface area contributed by atoms with Gasteiger partial charge in [-0.05, 0) is 47.0 Å². The summed E-state index contributed by atoms with van der Waals surface area (Å²) in [5.74, 6) is -0.368. The van der Waals surface area contributed by atoms with Crippen molar-refractivity contribution in [3.63, 3.8) is 0 Å².